The van der Waals surface area contributed by atoms with E-state index in [0.717, 1.165) is 0 Å². The molecule has 0 bridgehead atoms. The summed E-state index contributed by atoms with van der Waals surface area (Å²) in [5, 5.41) is 0. The topological polar surface area (TPSA) is 83.7 Å². The molecule has 21 heavy (non-hydrogen) atoms. The number of sulfonamides is 1. The normalized spacial score (nSPS) is 18.7. The van der Waals surface area contributed by atoms with Crippen molar-refractivity contribution in [1.29, 1.82) is 0 Å². The van der Waals surface area contributed by atoms with E-state index in [0.29, 0.717) is 25.9 Å². The van der Waals surface area contributed by atoms with Crippen molar-refractivity contribution in [3.63, 3.8) is 0 Å². The van der Waals surface area contributed by atoms with Gasteiger partial charge in [-0.3, -0.25) is 4.79 Å². The maximum atomic E-state index is 12.1. The Labute approximate surface area is 134 Å². The Morgan fingerprint density at radius 1 is 1.33 bits per heavy atom. The second-order valence-electron chi connectivity index (χ2n) is 5.74. The van der Waals surface area contributed by atoms with E-state index in [-0.39, 0.29) is 36.0 Å². The number of halogens is 1. The van der Waals surface area contributed by atoms with Gasteiger partial charge in [0.25, 0.3) is 0 Å². The second-order valence-corrected chi connectivity index (χ2v) is 8.06. The lowest BCUT2D eigenvalue weighted by Crippen LogP contribution is -2.52. The number of nitrogens with zero attached hydrogens (tertiary/aromatic N) is 2. The Hall–Kier alpha value is -0.370. The van der Waals surface area contributed by atoms with Crippen molar-refractivity contribution < 1.29 is 13.2 Å². The van der Waals surface area contributed by atoms with Crippen molar-refractivity contribution in [2.24, 2.45) is 11.7 Å². The van der Waals surface area contributed by atoms with Gasteiger partial charge in [-0.2, -0.15) is 0 Å². The molecule has 0 aromatic rings. The van der Waals surface area contributed by atoms with Gasteiger partial charge in [0.1, 0.15) is 0 Å². The highest BCUT2D eigenvalue weighted by Crippen LogP contribution is 2.19. The number of piperidine rings is 1. The molecule has 1 aliphatic rings. The van der Waals surface area contributed by atoms with Crippen molar-refractivity contribution in [2.45, 2.75) is 45.7 Å². The Morgan fingerprint density at radius 2 is 1.81 bits per heavy atom. The number of amides is 1. The SMILES string of the molecule is CCS(=O)(=O)N(C)C1CCN(C(=O)[C@@H](N)C(C)C)CC1.Cl. The summed E-state index contributed by atoms with van der Waals surface area (Å²) in [6.07, 6.45) is 1.35. The third-order valence-electron chi connectivity index (χ3n) is 4.10. The zero-order chi connectivity index (χ0) is 15.5. The molecule has 126 valence electrons. The fourth-order valence-corrected chi connectivity index (χ4v) is 3.45. The summed E-state index contributed by atoms with van der Waals surface area (Å²) >= 11 is 0. The van der Waals surface area contributed by atoms with Crippen LogP contribution in [-0.2, 0) is 14.8 Å². The molecule has 0 saturated carbocycles. The minimum absolute atomic E-state index is 0. The number of carbonyl (C=O) groups excluding carboxylic acids is 1. The van der Waals surface area contributed by atoms with E-state index in [1.807, 2.05) is 13.8 Å². The summed E-state index contributed by atoms with van der Waals surface area (Å²) in [4.78, 5) is 13.9. The van der Waals surface area contributed by atoms with Gasteiger partial charge in [0.2, 0.25) is 15.9 Å². The van der Waals surface area contributed by atoms with E-state index in [4.69, 9.17) is 5.73 Å². The van der Waals surface area contributed by atoms with E-state index in [9.17, 15) is 13.2 Å². The van der Waals surface area contributed by atoms with E-state index in [1.54, 1.807) is 18.9 Å². The molecule has 1 amide bonds. The van der Waals surface area contributed by atoms with E-state index < -0.39 is 16.1 Å². The van der Waals surface area contributed by atoms with Gasteiger partial charge in [-0.25, -0.2) is 12.7 Å². The Morgan fingerprint density at radius 3 is 2.19 bits per heavy atom. The van der Waals surface area contributed by atoms with Crippen LogP contribution in [0.2, 0.25) is 0 Å². The van der Waals surface area contributed by atoms with Crippen molar-refractivity contribution in [2.75, 3.05) is 25.9 Å². The van der Waals surface area contributed by atoms with Crippen LogP contribution in [0, 0.1) is 5.92 Å². The monoisotopic (exact) mass is 341 g/mol. The quantitative estimate of drug-likeness (QED) is 0.796. The Balaban J connectivity index is 0.00000400. The molecule has 2 N–H and O–H groups in total. The average molecular weight is 342 g/mol. The maximum Gasteiger partial charge on any atom is 0.239 e. The fraction of sp³-hybridized carbons (Fsp3) is 0.923. The number of likely N-dealkylation sites (tertiary alicyclic amines) is 1. The molecule has 1 fully saturated rings. The molecule has 0 aliphatic carbocycles. The maximum absolute atomic E-state index is 12.1. The van der Waals surface area contributed by atoms with Crippen molar-refractivity contribution >= 4 is 28.3 Å². The smallest absolute Gasteiger partial charge is 0.239 e. The molecule has 1 aliphatic heterocycles. The van der Waals surface area contributed by atoms with Crippen LogP contribution >= 0.6 is 12.4 Å². The minimum Gasteiger partial charge on any atom is -0.341 e. The van der Waals surface area contributed by atoms with Gasteiger partial charge in [-0.15, -0.1) is 12.4 Å². The molecule has 1 heterocycles. The molecule has 0 aromatic carbocycles. The average Bonchev–Trinajstić information content (AvgIpc) is 2.44. The fourth-order valence-electron chi connectivity index (χ4n) is 2.38. The molecule has 0 spiro atoms. The van der Waals surface area contributed by atoms with Crippen LogP contribution < -0.4 is 5.73 Å². The second kappa shape index (κ2) is 8.31. The first-order valence-corrected chi connectivity index (χ1v) is 8.81. The van der Waals surface area contributed by atoms with Gasteiger partial charge in [-0.05, 0) is 25.7 Å². The van der Waals surface area contributed by atoms with Gasteiger partial charge in [0.15, 0.2) is 0 Å². The highest BCUT2D eigenvalue weighted by molar-refractivity contribution is 7.89. The number of hydrogen-bond acceptors (Lipinski definition) is 4. The highest BCUT2D eigenvalue weighted by Gasteiger charge is 2.32. The Bertz CT molecular complexity index is 434. The van der Waals surface area contributed by atoms with E-state index in [2.05, 4.69) is 0 Å². The molecule has 6 nitrogen and oxygen atoms in total. The summed E-state index contributed by atoms with van der Waals surface area (Å²) in [6, 6.07) is -0.483. The van der Waals surface area contributed by atoms with Crippen LogP contribution in [-0.4, -0.2) is 61.5 Å². The standard InChI is InChI=1S/C13H27N3O3S.ClH/c1-5-20(18,19)15(4)11-6-8-16(9-7-11)13(17)12(14)10(2)3;/h10-12H,5-9,14H2,1-4H3;1H/t12-;/m0./s1. The predicted molar refractivity (Wildman–Crippen MR) is 86.9 cm³/mol. The lowest BCUT2D eigenvalue weighted by Gasteiger charge is -2.37. The number of hydrogen-bond donors (Lipinski definition) is 1. The zero-order valence-electron chi connectivity index (χ0n) is 13.3. The van der Waals surface area contributed by atoms with Crippen LogP contribution in [0.25, 0.3) is 0 Å². The van der Waals surface area contributed by atoms with Gasteiger partial charge in [-0.1, -0.05) is 13.8 Å². The molecule has 0 unspecified atom stereocenters. The largest absolute Gasteiger partial charge is 0.341 e. The van der Waals surface area contributed by atoms with Gasteiger partial charge >= 0.3 is 0 Å². The first kappa shape index (κ1) is 20.6. The third-order valence-corrected chi connectivity index (χ3v) is 6.00. The lowest BCUT2D eigenvalue weighted by atomic mass is 10.0. The minimum atomic E-state index is -3.16. The molecule has 8 heteroatoms. The summed E-state index contributed by atoms with van der Waals surface area (Å²) in [6.45, 7) is 6.65. The van der Waals surface area contributed by atoms with Crippen LogP contribution in [0.1, 0.15) is 33.6 Å². The zero-order valence-corrected chi connectivity index (χ0v) is 14.9. The van der Waals surface area contributed by atoms with Crippen LogP contribution in [0.5, 0.6) is 0 Å². The summed E-state index contributed by atoms with van der Waals surface area (Å²) < 4.78 is 25.1. The summed E-state index contributed by atoms with van der Waals surface area (Å²) in [7, 11) is -1.53. The van der Waals surface area contributed by atoms with Crippen molar-refractivity contribution in [1.82, 2.24) is 9.21 Å². The molecule has 0 radical (unpaired) electrons. The van der Waals surface area contributed by atoms with E-state index >= 15 is 0 Å². The summed E-state index contributed by atoms with van der Waals surface area (Å²) in [5.74, 6) is 0.198. The lowest BCUT2D eigenvalue weighted by molar-refractivity contribution is -0.134. The van der Waals surface area contributed by atoms with Gasteiger partial charge < -0.3 is 10.6 Å². The van der Waals surface area contributed by atoms with Crippen LogP contribution in [0.3, 0.4) is 0 Å². The van der Waals surface area contributed by atoms with Gasteiger partial charge in [0.05, 0.1) is 11.8 Å². The molecule has 1 saturated heterocycles. The van der Waals surface area contributed by atoms with Gasteiger partial charge in [0, 0.05) is 26.2 Å². The Kier molecular flexibility index (Phi) is 8.17. The van der Waals surface area contributed by atoms with Crippen LogP contribution in [0.4, 0.5) is 0 Å². The molecule has 0 aromatic heterocycles. The number of rotatable bonds is 5. The predicted octanol–water partition coefficient (Wildman–Crippen LogP) is 0.664. The third kappa shape index (κ3) is 5.09. The number of carbonyl (C=O) groups is 1. The molecule has 1 rings (SSSR count). The number of nitrogens with two attached hydrogens (primary N) is 1. The van der Waals surface area contributed by atoms with E-state index in [1.165, 1.54) is 4.31 Å². The van der Waals surface area contributed by atoms with Crippen molar-refractivity contribution in [3.05, 3.63) is 0 Å². The molecular weight excluding hydrogens is 314 g/mol. The highest BCUT2D eigenvalue weighted by atomic mass is 35.5. The van der Waals surface area contributed by atoms with Crippen molar-refractivity contribution in [3.8, 4) is 0 Å². The molecular formula is C13H28ClN3O3S. The first-order chi connectivity index (χ1) is 9.20. The first-order valence-electron chi connectivity index (χ1n) is 7.20. The molecule has 1 atom stereocenters. The van der Waals surface area contributed by atoms with Crippen LogP contribution in [0.15, 0.2) is 0 Å². The summed E-state index contributed by atoms with van der Waals surface area (Å²) in [5.41, 5.74) is 5.88.